The van der Waals surface area contributed by atoms with Crippen molar-refractivity contribution in [3.63, 3.8) is 0 Å². The molecule has 2 rings (SSSR count). The van der Waals surface area contributed by atoms with E-state index < -0.39 is 6.04 Å². The molecule has 0 spiro atoms. The van der Waals surface area contributed by atoms with Crippen molar-refractivity contribution >= 4 is 11.8 Å². The van der Waals surface area contributed by atoms with E-state index in [9.17, 15) is 9.59 Å². The molecule has 1 saturated heterocycles. The lowest BCUT2D eigenvalue weighted by atomic mass is 10.0. The molecule has 1 atom stereocenters. The van der Waals surface area contributed by atoms with Gasteiger partial charge in [-0.05, 0) is 19.3 Å². The molecule has 1 aromatic heterocycles. The highest BCUT2D eigenvalue weighted by Crippen LogP contribution is 2.12. The van der Waals surface area contributed by atoms with Gasteiger partial charge in [0.2, 0.25) is 17.7 Å². The van der Waals surface area contributed by atoms with Gasteiger partial charge in [0.1, 0.15) is 6.04 Å². The Kier molecular flexibility index (Phi) is 4.93. The van der Waals surface area contributed by atoms with E-state index in [1.807, 2.05) is 13.8 Å². The summed E-state index contributed by atoms with van der Waals surface area (Å²) < 4.78 is 5.05. The van der Waals surface area contributed by atoms with E-state index in [1.165, 1.54) is 0 Å². The van der Waals surface area contributed by atoms with Crippen LogP contribution in [-0.2, 0) is 16.0 Å². The summed E-state index contributed by atoms with van der Waals surface area (Å²) in [5.74, 6) is 1.36. The Morgan fingerprint density at radius 3 is 2.81 bits per heavy atom. The number of amides is 2. The number of carbonyl (C=O) groups is 2. The van der Waals surface area contributed by atoms with Gasteiger partial charge in [-0.15, -0.1) is 0 Å². The zero-order chi connectivity index (χ0) is 15.4. The van der Waals surface area contributed by atoms with Crippen molar-refractivity contribution in [1.82, 2.24) is 20.4 Å². The Morgan fingerprint density at radius 1 is 1.43 bits per heavy atom. The van der Waals surface area contributed by atoms with Crippen LogP contribution >= 0.6 is 0 Å². The predicted molar refractivity (Wildman–Crippen MR) is 75.3 cm³/mol. The van der Waals surface area contributed by atoms with Crippen LogP contribution in [0.1, 0.15) is 38.4 Å². The van der Waals surface area contributed by atoms with Gasteiger partial charge in [0.05, 0.1) is 0 Å². The molecule has 116 valence electrons. The fraction of sp³-hybridized carbons (Fsp3) is 0.714. The maximum Gasteiger partial charge on any atom is 0.245 e. The van der Waals surface area contributed by atoms with E-state index in [0.717, 1.165) is 0 Å². The lowest BCUT2D eigenvalue weighted by molar-refractivity contribution is -0.134. The minimum atomic E-state index is -0.426. The van der Waals surface area contributed by atoms with Crippen LogP contribution in [-0.4, -0.2) is 46.0 Å². The maximum absolute atomic E-state index is 12.5. The van der Waals surface area contributed by atoms with Crippen LogP contribution in [0.4, 0.5) is 0 Å². The van der Waals surface area contributed by atoms with Crippen LogP contribution in [0.15, 0.2) is 4.52 Å². The number of nitrogens with one attached hydrogen (secondary N) is 1. The molecule has 2 amide bonds. The number of hydrogen-bond acceptors (Lipinski definition) is 5. The van der Waals surface area contributed by atoms with Crippen LogP contribution in [0.25, 0.3) is 0 Å². The first-order valence-electron chi connectivity index (χ1n) is 7.33. The molecular formula is C14H22N4O3. The zero-order valence-corrected chi connectivity index (χ0v) is 12.8. The summed E-state index contributed by atoms with van der Waals surface area (Å²) >= 11 is 0. The Labute approximate surface area is 124 Å². The van der Waals surface area contributed by atoms with Gasteiger partial charge in [0.15, 0.2) is 5.82 Å². The van der Waals surface area contributed by atoms with Crippen LogP contribution in [0.3, 0.4) is 0 Å². The molecule has 2 heterocycles. The maximum atomic E-state index is 12.5. The third-order valence-corrected chi connectivity index (χ3v) is 3.43. The summed E-state index contributed by atoms with van der Waals surface area (Å²) in [7, 11) is 0. The molecule has 7 nitrogen and oxygen atoms in total. The van der Waals surface area contributed by atoms with E-state index in [1.54, 1.807) is 11.8 Å². The van der Waals surface area contributed by atoms with Gasteiger partial charge in [0, 0.05) is 25.9 Å². The average Bonchev–Trinajstić information content (AvgIpc) is 2.77. The first-order valence-corrected chi connectivity index (χ1v) is 7.33. The highest BCUT2D eigenvalue weighted by molar-refractivity contribution is 5.89. The molecule has 1 N–H and O–H groups in total. The van der Waals surface area contributed by atoms with Crippen molar-refractivity contribution in [2.24, 2.45) is 5.92 Å². The van der Waals surface area contributed by atoms with Crippen molar-refractivity contribution in [3.8, 4) is 0 Å². The predicted octanol–water partition coefficient (Wildman–Crippen LogP) is 0.684. The molecule has 1 fully saturated rings. The number of rotatable bonds is 5. The highest BCUT2D eigenvalue weighted by atomic mass is 16.5. The zero-order valence-electron chi connectivity index (χ0n) is 12.8. The van der Waals surface area contributed by atoms with Gasteiger partial charge in [-0.2, -0.15) is 4.98 Å². The van der Waals surface area contributed by atoms with Crippen LogP contribution in [0.2, 0.25) is 0 Å². The van der Waals surface area contributed by atoms with Crippen molar-refractivity contribution in [2.75, 3.05) is 13.1 Å². The second kappa shape index (κ2) is 6.69. The largest absolute Gasteiger partial charge is 0.344 e. The number of carbonyl (C=O) groups excluding carboxylic acids is 2. The molecule has 1 unspecified atom stereocenters. The quantitative estimate of drug-likeness (QED) is 0.863. The summed E-state index contributed by atoms with van der Waals surface area (Å²) in [6.45, 7) is 6.76. The molecule has 21 heavy (non-hydrogen) atoms. The summed E-state index contributed by atoms with van der Waals surface area (Å²) in [5, 5.41) is 6.54. The van der Waals surface area contributed by atoms with Crippen molar-refractivity contribution in [2.45, 2.75) is 46.1 Å². The number of nitrogens with zero attached hydrogens (tertiary/aromatic N) is 3. The summed E-state index contributed by atoms with van der Waals surface area (Å²) in [6.07, 6.45) is 1.50. The number of hydrogen-bond donors (Lipinski definition) is 1. The molecule has 7 heteroatoms. The molecule has 1 aromatic rings. The van der Waals surface area contributed by atoms with Gasteiger partial charge in [-0.3, -0.25) is 9.59 Å². The van der Waals surface area contributed by atoms with E-state index in [-0.39, 0.29) is 11.8 Å². The fourth-order valence-corrected chi connectivity index (χ4v) is 2.42. The van der Waals surface area contributed by atoms with Crippen molar-refractivity contribution in [1.29, 1.82) is 0 Å². The first-order chi connectivity index (χ1) is 9.95. The molecule has 0 radical (unpaired) electrons. The smallest absolute Gasteiger partial charge is 0.245 e. The Hall–Kier alpha value is -1.92. The van der Waals surface area contributed by atoms with Gasteiger partial charge in [0.25, 0.3) is 0 Å². The van der Waals surface area contributed by atoms with Gasteiger partial charge < -0.3 is 14.7 Å². The van der Waals surface area contributed by atoms with E-state index in [4.69, 9.17) is 4.52 Å². The number of aromatic nitrogens is 2. The molecule has 1 aliphatic heterocycles. The summed E-state index contributed by atoms with van der Waals surface area (Å²) in [5.41, 5.74) is 0. The molecular weight excluding hydrogens is 272 g/mol. The van der Waals surface area contributed by atoms with Crippen LogP contribution in [0, 0.1) is 12.8 Å². The molecule has 0 aliphatic carbocycles. The topological polar surface area (TPSA) is 88.3 Å². The monoisotopic (exact) mass is 294 g/mol. The second-order valence-electron chi connectivity index (χ2n) is 5.81. The summed E-state index contributed by atoms with van der Waals surface area (Å²) in [6, 6.07) is -0.426. The lowest BCUT2D eigenvalue weighted by Crippen LogP contribution is -2.45. The van der Waals surface area contributed by atoms with E-state index >= 15 is 0 Å². The Morgan fingerprint density at radius 2 is 2.19 bits per heavy atom. The lowest BCUT2D eigenvalue weighted by Gasteiger charge is -2.24. The van der Waals surface area contributed by atoms with Crippen molar-refractivity contribution in [3.05, 3.63) is 11.7 Å². The number of aryl methyl sites for hydroxylation is 1. The Balaban J connectivity index is 1.99. The SMILES string of the molecule is Cc1noc(CCN2CCC(=O)NC(CC(C)C)C2=O)n1. The standard InChI is InChI=1S/C14H22N4O3/c1-9(2)8-11-14(20)18(6-4-12(19)16-11)7-5-13-15-10(3)17-21-13/h9,11H,4-8H2,1-3H3,(H,16,19). The summed E-state index contributed by atoms with van der Waals surface area (Å²) in [4.78, 5) is 30.1. The highest BCUT2D eigenvalue weighted by Gasteiger charge is 2.30. The molecule has 0 bridgehead atoms. The molecule has 1 aliphatic rings. The Bertz CT molecular complexity index is 512. The second-order valence-corrected chi connectivity index (χ2v) is 5.81. The minimum absolute atomic E-state index is 0.0224. The van der Waals surface area contributed by atoms with E-state index in [2.05, 4.69) is 15.5 Å². The first kappa shape index (κ1) is 15.5. The van der Waals surface area contributed by atoms with Gasteiger partial charge >= 0.3 is 0 Å². The van der Waals surface area contributed by atoms with Crippen molar-refractivity contribution < 1.29 is 14.1 Å². The fourth-order valence-electron chi connectivity index (χ4n) is 2.42. The van der Waals surface area contributed by atoms with Gasteiger partial charge in [-0.25, -0.2) is 0 Å². The van der Waals surface area contributed by atoms with Gasteiger partial charge in [-0.1, -0.05) is 19.0 Å². The normalized spacial score (nSPS) is 19.8. The average molecular weight is 294 g/mol. The molecule has 0 saturated carbocycles. The molecule has 0 aromatic carbocycles. The third kappa shape index (κ3) is 4.27. The van der Waals surface area contributed by atoms with E-state index in [0.29, 0.717) is 50.0 Å². The minimum Gasteiger partial charge on any atom is -0.344 e. The van der Waals surface area contributed by atoms with Crippen LogP contribution < -0.4 is 5.32 Å². The third-order valence-electron chi connectivity index (χ3n) is 3.43. The van der Waals surface area contributed by atoms with Crippen LogP contribution in [0.5, 0.6) is 0 Å².